The highest BCUT2D eigenvalue weighted by Crippen LogP contribution is 2.27. The number of aliphatic hydroxyl groups is 1. The van der Waals surface area contributed by atoms with E-state index in [0.717, 1.165) is 55.7 Å². The normalized spacial score (nSPS) is 16.9. The Bertz CT molecular complexity index is 988. The summed E-state index contributed by atoms with van der Waals surface area (Å²) < 4.78 is 1.68. The van der Waals surface area contributed by atoms with Crippen LogP contribution in [0.1, 0.15) is 48.5 Å². The number of aryl methyl sites for hydroxylation is 1. The van der Waals surface area contributed by atoms with E-state index in [0.29, 0.717) is 11.4 Å². The first-order valence-electron chi connectivity index (χ1n) is 10.2. The number of carbonyl (C=O) groups excluding carboxylic acids is 1. The number of aromatic nitrogens is 4. The summed E-state index contributed by atoms with van der Waals surface area (Å²) in [5, 5.41) is 17.3. The molecule has 4 heterocycles. The highest BCUT2D eigenvalue weighted by molar-refractivity contribution is 6.03. The van der Waals surface area contributed by atoms with Gasteiger partial charge in [0, 0.05) is 30.6 Å². The van der Waals surface area contributed by atoms with E-state index in [4.69, 9.17) is 4.98 Å². The maximum atomic E-state index is 12.7. The fourth-order valence-electron chi connectivity index (χ4n) is 3.85. The van der Waals surface area contributed by atoms with Gasteiger partial charge in [-0.25, -0.2) is 4.98 Å². The lowest BCUT2D eigenvalue weighted by Crippen LogP contribution is -2.42. The van der Waals surface area contributed by atoms with Crippen molar-refractivity contribution in [1.82, 2.24) is 19.6 Å². The van der Waals surface area contributed by atoms with Crippen LogP contribution in [0, 0.1) is 0 Å². The summed E-state index contributed by atoms with van der Waals surface area (Å²) in [5.41, 5.74) is 2.27. The number of hydrogen-bond donors (Lipinski definition) is 2. The van der Waals surface area contributed by atoms with Crippen LogP contribution in [0.15, 0.2) is 36.8 Å². The zero-order valence-electron chi connectivity index (χ0n) is 16.6. The summed E-state index contributed by atoms with van der Waals surface area (Å²) in [6, 6.07) is 5.34. The molecule has 0 bridgehead atoms. The molecular formula is C21H26N6O2. The number of nitrogens with one attached hydrogen (secondary N) is 1. The predicted octanol–water partition coefficient (Wildman–Crippen LogP) is 2.68. The number of anilines is 2. The van der Waals surface area contributed by atoms with E-state index in [1.54, 1.807) is 22.8 Å². The molecule has 0 saturated carbocycles. The van der Waals surface area contributed by atoms with E-state index in [1.807, 2.05) is 12.3 Å². The van der Waals surface area contributed by atoms with E-state index in [9.17, 15) is 9.90 Å². The van der Waals surface area contributed by atoms with Gasteiger partial charge in [0.15, 0.2) is 5.65 Å². The number of amides is 1. The number of fused-ring (bicyclic) bond motifs is 1. The Balaban J connectivity index is 1.76. The number of nitrogens with zero attached hydrogens (tertiary/aromatic N) is 5. The first-order chi connectivity index (χ1) is 14.2. The average molecular weight is 394 g/mol. The van der Waals surface area contributed by atoms with Crippen molar-refractivity contribution in [1.29, 1.82) is 0 Å². The molecule has 1 fully saturated rings. The molecule has 2 N–H and O–H groups in total. The largest absolute Gasteiger partial charge is 0.394 e. The third kappa shape index (κ3) is 3.93. The van der Waals surface area contributed by atoms with Crippen molar-refractivity contribution in [3.8, 4) is 0 Å². The molecule has 1 unspecified atom stereocenters. The molecule has 4 rings (SSSR count). The first-order valence-corrected chi connectivity index (χ1v) is 10.2. The number of piperidine rings is 1. The van der Waals surface area contributed by atoms with Gasteiger partial charge in [0.2, 0.25) is 0 Å². The summed E-state index contributed by atoms with van der Waals surface area (Å²) in [5.74, 6) is 1.07. The van der Waals surface area contributed by atoms with Crippen LogP contribution in [0.4, 0.5) is 11.6 Å². The number of hydrogen-bond acceptors (Lipinski definition) is 6. The third-order valence-corrected chi connectivity index (χ3v) is 5.35. The molecule has 29 heavy (non-hydrogen) atoms. The molecule has 1 saturated heterocycles. The topological polar surface area (TPSA) is 95.7 Å². The van der Waals surface area contributed by atoms with Gasteiger partial charge in [0.25, 0.3) is 5.91 Å². The number of aliphatic hydroxyl groups excluding tert-OH is 1. The number of pyridine rings is 1. The summed E-state index contributed by atoms with van der Waals surface area (Å²) in [4.78, 5) is 23.8. The zero-order valence-corrected chi connectivity index (χ0v) is 16.6. The third-order valence-electron chi connectivity index (χ3n) is 5.35. The maximum absolute atomic E-state index is 12.7. The van der Waals surface area contributed by atoms with Crippen LogP contribution in [-0.2, 0) is 6.42 Å². The van der Waals surface area contributed by atoms with Crippen molar-refractivity contribution in [3.63, 3.8) is 0 Å². The molecule has 3 aromatic heterocycles. The monoisotopic (exact) mass is 394 g/mol. The number of carbonyl (C=O) groups is 1. The Hall–Kier alpha value is -3.00. The second kappa shape index (κ2) is 8.57. The molecule has 3 aromatic rings. The van der Waals surface area contributed by atoms with Crippen molar-refractivity contribution in [2.45, 2.75) is 45.1 Å². The minimum atomic E-state index is -0.249. The number of rotatable bonds is 6. The minimum absolute atomic E-state index is 0.0399. The van der Waals surface area contributed by atoms with Crippen LogP contribution >= 0.6 is 0 Å². The molecule has 0 aliphatic carbocycles. The van der Waals surface area contributed by atoms with Gasteiger partial charge in [-0.1, -0.05) is 13.3 Å². The Morgan fingerprint density at radius 1 is 1.34 bits per heavy atom. The fraction of sp³-hybridized carbons (Fsp3) is 0.429. The van der Waals surface area contributed by atoms with Crippen molar-refractivity contribution < 1.29 is 9.90 Å². The lowest BCUT2D eigenvalue weighted by molar-refractivity contribution is 0.102. The van der Waals surface area contributed by atoms with Crippen LogP contribution in [0.2, 0.25) is 0 Å². The summed E-state index contributed by atoms with van der Waals surface area (Å²) in [6.07, 6.45) is 9.91. The second-order valence-corrected chi connectivity index (χ2v) is 7.38. The predicted molar refractivity (Wildman–Crippen MR) is 111 cm³/mol. The van der Waals surface area contributed by atoms with E-state index in [-0.39, 0.29) is 18.6 Å². The molecule has 1 aliphatic heterocycles. The quantitative estimate of drug-likeness (QED) is 0.667. The van der Waals surface area contributed by atoms with Gasteiger partial charge in [-0.3, -0.25) is 9.78 Å². The van der Waals surface area contributed by atoms with Crippen LogP contribution in [0.3, 0.4) is 0 Å². The van der Waals surface area contributed by atoms with Gasteiger partial charge in [-0.15, -0.1) is 0 Å². The van der Waals surface area contributed by atoms with E-state index < -0.39 is 0 Å². The van der Waals surface area contributed by atoms with Crippen molar-refractivity contribution >= 4 is 23.2 Å². The van der Waals surface area contributed by atoms with Crippen LogP contribution in [0.25, 0.3) is 5.65 Å². The second-order valence-electron chi connectivity index (χ2n) is 7.38. The Kier molecular flexibility index (Phi) is 5.71. The molecule has 0 radical (unpaired) electrons. The highest BCUT2D eigenvalue weighted by Gasteiger charge is 2.25. The summed E-state index contributed by atoms with van der Waals surface area (Å²) in [6.45, 7) is 3.04. The Morgan fingerprint density at radius 3 is 3.00 bits per heavy atom. The fourth-order valence-corrected chi connectivity index (χ4v) is 3.85. The Morgan fingerprint density at radius 2 is 2.24 bits per heavy atom. The molecule has 152 valence electrons. The minimum Gasteiger partial charge on any atom is -0.394 e. The molecule has 1 aliphatic rings. The van der Waals surface area contributed by atoms with Gasteiger partial charge in [0.1, 0.15) is 11.6 Å². The molecular weight excluding hydrogens is 368 g/mol. The smallest absolute Gasteiger partial charge is 0.258 e. The van der Waals surface area contributed by atoms with Crippen LogP contribution in [-0.4, -0.2) is 49.8 Å². The van der Waals surface area contributed by atoms with E-state index >= 15 is 0 Å². The molecule has 0 spiro atoms. The maximum Gasteiger partial charge on any atom is 0.258 e. The molecule has 8 heteroatoms. The zero-order chi connectivity index (χ0) is 20.2. The Labute approximate surface area is 169 Å². The van der Waals surface area contributed by atoms with Crippen LogP contribution in [0.5, 0.6) is 0 Å². The lowest BCUT2D eigenvalue weighted by atomic mass is 10.0. The summed E-state index contributed by atoms with van der Waals surface area (Å²) >= 11 is 0. The van der Waals surface area contributed by atoms with Crippen molar-refractivity contribution in [3.05, 3.63) is 47.9 Å². The van der Waals surface area contributed by atoms with Gasteiger partial charge in [-0.05, 0) is 37.8 Å². The van der Waals surface area contributed by atoms with Gasteiger partial charge in [-0.2, -0.15) is 9.61 Å². The van der Waals surface area contributed by atoms with Crippen molar-refractivity contribution in [2.75, 3.05) is 23.4 Å². The van der Waals surface area contributed by atoms with Crippen molar-refractivity contribution in [2.24, 2.45) is 0 Å². The van der Waals surface area contributed by atoms with E-state index in [2.05, 4.69) is 27.2 Å². The first kappa shape index (κ1) is 19.3. The molecule has 8 nitrogen and oxygen atoms in total. The average Bonchev–Trinajstić information content (AvgIpc) is 3.17. The van der Waals surface area contributed by atoms with Gasteiger partial charge in [0.05, 0.1) is 24.4 Å². The molecule has 1 atom stereocenters. The molecule has 0 aromatic carbocycles. The van der Waals surface area contributed by atoms with Gasteiger partial charge >= 0.3 is 0 Å². The summed E-state index contributed by atoms with van der Waals surface area (Å²) in [7, 11) is 0. The SMILES string of the molecule is CCCc1cnn2c(NC(=O)c3cccnc3)cc(N3CCCCC3CO)nc12. The van der Waals surface area contributed by atoms with E-state index in [1.165, 1.54) is 6.20 Å². The standard InChI is InChI=1S/C21H26N6O2/c1-2-6-15-13-23-27-19(25-21(29)16-7-5-9-22-12-16)11-18(24-20(15)27)26-10-4-3-8-17(26)14-28/h5,7,9,11-13,17,28H,2-4,6,8,10,14H2,1H3,(H,25,29). The van der Waals surface area contributed by atoms with Crippen LogP contribution < -0.4 is 10.2 Å². The lowest BCUT2D eigenvalue weighted by Gasteiger charge is -2.35. The molecule has 1 amide bonds. The highest BCUT2D eigenvalue weighted by atomic mass is 16.3. The van der Waals surface area contributed by atoms with Gasteiger partial charge < -0.3 is 15.3 Å².